The maximum atomic E-state index is 14.0. The Morgan fingerprint density at radius 2 is 1.53 bits per heavy atom. The summed E-state index contributed by atoms with van der Waals surface area (Å²) in [4.78, 5) is 79.2. The number of hydrogen-bond donors (Lipinski definition) is 2. The zero-order valence-electron chi connectivity index (χ0n) is 33.2. The molecule has 4 saturated heterocycles. The minimum Gasteiger partial charge on any atom is -0.363 e. The van der Waals surface area contributed by atoms with Crippen LogP contribution >= 0.6 is 0 Å². The zero-order valence-corrected chi connectivity index (χ0v) is 34.0. The van der Waals surface area contributed by atoms with Crippen molar-refractivity contribution in [1.82, 2.24) is 34.0 Å². The molecule has 10 rings (SSSR count). The van der Waals surface area contributed by atoms with Gasteiger partial charge in [0.15, 0.2) is 0 Å². The number of rotatable bonds is 9. The normalized spacial score (nSPS) is 24.4. The molecule has 2 N–H and O–H groups in total. The van der Waals surface area contributed by atoms with Crippen LogP contribution in [0.2, 0.25) is 0 Å². The van der Waals surface area contributed by atoms with Crippen LogP contribution in [0, 0.1) is 0 Å². The van der Waals surface area contributed by atoms with E-state index in [-0.39, 0.29) is 58.6 Å². The summed E-state index contributed by atoms with van der Waals surface area (Å²) in [5.74, 6) is -1.63. The van der Waals surface area contributed by atoms with Crippen molar-refractivity contribution in [2.45, 2.75) is 106 Å². The number of aromatic nitrogens is 3. The number of piperazine rings is 1. The van der Waals surface area contributed by atoms with Crippen molar-refractivity contribution < 1.29 is 27.6 Å². The molecule has 0 spiro atoms. The van der Waals surface area contributed by atoms with Crippen LogP contribution in [0.4, 0.5) is 11.6 Å². The van der Waals surface area contributed by atoms with Crippen LogP contribution in [0.25, 0.3) is 11.0 Å². The molecule has 1 saturated carbocycles. The molecule has 4 amide bonds. The third kappa shape index (κ3) is 6.85. The second-order valence-electron chi connectivity index (χ2n) is 17.1. The fourth-order valence-electron chi connectivity index (χ4n) is 10.4. The Labute approximate surface area is 347 Å². The first-order valence-electron chi connectivity index (χ1n) is 21.1. The van der Waals surface area contributed by atoms with E-state index in [1.165, 1.54) is 0 Å². The van der Waals surface area contributed by atoms with Gasteiger partial charge >= 0.3 is 0 Å². The number of nitrogens with zero attached hydrogens (tertiary/aromatic N) is 7. The van der Waals surface area contributed by atoms with Crippen molar-refractivity contribution in [3.63, 3.8) is 0 Å². The minimum atomic E-state index is -3.74. The summed E-state index contributed by atoms with van der Waals surface area (Å²) in [7, 11) is -3.74. The predicted octanol–water partition coefficient (Wildman–Crippen LogP) is 3.43. The first-order chi connectivity index (χ1) is 29.0. The Morgan fingerprint density at radius 1 is 0.783 bits per heavy atom. The molecule has 2 aromatic heterocycles. The number of carbonyl (C=O) groups is 4. The third-order valence-corrected chi connectivity index (χ3v) is 15.3. The molecule has 6 aliphatic rings. The summed E-state index contributed by atoms with van der Waals surface area (Å²) < 4.78 is 31.3. The molecule has 5 fully saturated rings. The Morgan fingerprint density at radius 3 is 2.28 bits per heavy atom. The molecule has 3 unspecified atom stereocenters. The first kappa shape index (κ1) is 38.7. The molecule has 2 bridgehead atoms. The second-order valence-corrected chi connectivity index (χ2v) is 19.0. The topological polar surface area (TPSA) is 187 Å². The monoisotopic (exact) mass is 833 g/mol. The highest BCUT2D eigenvalue weighted by molar-refractivity contribution is 7.89. The number of benzene rings is 2. The van der Waals surface area contributed by atoms with Crippen molar-refractivity contribution >= 4 is 56.3 Å². The van der Waals surface area contributed by atoms with Gasteiger partial charge in [-0.3, -0.25) is 43.7 Å². The van der Waals surface area contributed by atoms with Gasteiger partial charge in [0, 0.05) is 86.6 Å². The van der Waals surface area contributed by atoms with Gasteiger partial charge in [-0.15, -0.1) is 0 Å². The highest BCUT2D eigenvalue weighted by Crippen LogP contribution is 2.39. The number of carbonyl (C=O) groups excluding carboxylic acids is 4. The molecule has 7 heterocycles. The smallest absolute Gasteiger partial charge is 0.262 e. The van der Waals surface area contributed by atoms with Crippen LogP contribution in [-0.4, -0.2) is 111 Å². The molecule has 312 valence electrons. The Balaban J connectivity index is 0.768. The summed E-state index contributed by atoms with van der Waals surface area (Å²) in [6.45, 7) is 2.80. The Hall–Kier alpha value is -5.52. The van der Waals surface area contributed by atoms with E-state index >= 15 is 0 Å². The number of pyridine rings is 1. The van der Waals surface area contributed by atoms with Crippen molar-refractivity contribution in [2.24, 2.45) is 0 Å². The largest absolute Gasteiger partial charge is 0.363 e. The van der Waals surface area contributed by atoms with Crippen molar-refractivity contribution in [3.05, 3.63) is 87.8 Å². The van der Waals surface area contributed by atoms with E-state index < -0.39 is 39.7 Å². The Kier molecular flexibility index (Phi) is 9.79. The van der Waals surface area contributed by atoms with Crippen molar-refractivity contribution in [2.75, 3.05) is 36.4 Å². The maximum absolute atomic E-state index is 14.0. The minimum absolute atomic E-state index is 0.0167. The molecule has 0 radical (unpaired) electrons. The van der Waals surface area contributed by atoms with Gasteiger partial charge in [-0.1, -0.05) is 25.0 Å². The van der Waals surface area contributed by atoms with E-state index in [2.05, 4.69) is 25.4 Å². The SMILES string of the molecule is O=C1CCC(N2C(=O)c3ccc(N4C5CCC4CN(Cc4cccc(S(=O)(=O)N6CCC(Nc7ncc8ccc(=O)n(C9CCCC9)c8n7)CC6)c4)C5)cc3C2=O)C(=O)N1. The van der Waals surface area contributed by atoms with Crippen molar-refractivity contribution in [3.8, 4) is 0 Å². The van der Waals surface area contributed by atoms with Crippen LogP contribution in [0.15, 0.2) is 70.5 Å². The molecule has 17 heteroatoms. The lowest BCUT2D eigenvalue weighted by molar-refractivity contribution is -0.136. The average Bonchev–Trinajstić information content (AvgIpc) is 3.93. The fraction of sp³-hybridized carbons (Fsp3) is 0.465. The standard InChI is InChI=1S/C43H47N9O7S/c53-37-14-13-36(40(55)46-37)52-41(56)34-12-11-30(21-35(34)42(52)57)50-31-9-10-32(50)25-48(24-31)23-26-4-3-7-33(20-26)60(58,59)49-18-16-28(17-19-49)45-43-44-22-27-8-15-38(54)51(39(27)47-43)29-5-1-2-6-29/h3-4,7-8,11-12,15,20-22,28-29,31-32,36H,1-2,5-6,9-10,13-14,16-19,23-25H2,(H,44,45,47)(H,46,53,55). The fourth-order valence-corrected chi connectivity index (χ4v) is 12.0. The zero-order chi connectivity index (χ0) is 41.3. The van der Waals surface area contributed by atoms with Gasteiger partial charge in [0.05, 0.1) is 16.0 Å². The summed E-state index contributed by atoms with van der Waals surface area (Å²) in [6, 6.07) is 15.4. The summed E-state index contributed by atoms with van der Waals surface area (Å²) >= 11 is 0. The lowest BCUT2D eigenvalue weighted by Gasteiger charge is -2.42. The third-order valence-electron chi connectivity index (χ3n) is 13.4. The molecule has 16 nitrogen and oxygen atoms in total. The van der Waals surface area contributed by atoms with Crippen LogP contribution in [0.3, 0.4) is 0 Å². The number of piperidine rings is 2. The maximum Gasteiger partial charge on any atom is 0.262 e. The van der Waals surface area contributed by atoms with Crippen LogP contribution < -0.4 is 21.1 Å². The molecule has 3 atom stereocenters. The van der Waals surface area contributed by atoms with E-state index in [0.717, 1.165) is 73.2 Å². The lowest BCUT2D eigenvalue weighted by atomic mass is 10.0. The lowest BCUT2D eigenvalue weighted by Crippen LogP contribution is -2.54. The molecule has 2 aromatic carbocycles. The van der Waals surface area contributed by atoms with Gasteiger partial charge < -0.3 is 10.2 Å². The number of fused-ring (bicyclic) bond motifs is 4. The summed E-state index contributed by atoms with van der Waals surface area (Å²) in [6.07, 6.45) is 9.14. The first-order valence-corrected chi connectivity index (χ1v) is 22.6. The molecule has 60 heavy (non-hydrogen) atoms. The quantitative estimate of drug-likeness (QED) is 0.235. The Bertz CT molecular complexity index is 2590. The van der Waals surface area contributed by atoms with Gasteiger partial charge in [0.2, 0.25) is 27.8 Å². The molecule has 1 aliphatic carbocycles. The predicted molar refractivity (Wildman–Crippen MR) is 221 cm³/mol. The number of nitrogens with one attached hydrogen (secondary N) is 2. The highest BCUT2D eigenvalue weighted by atomic mass is 32.2. The highest BCUT2D eigenvalue weighted by Gasteiger charge is 2.46. The molecule has 5 aliphatic heterocycles. The number of amides is 4. The summed E-state index contributed by atoms with van der Waals surface area (Å²) in [5, 5.41) is 6.48. The van der Waals surface area contributed by atoms with Gasteiger partial charge in [0.1, 0.15) is 11.7 Å². The number of anilines is 2. The van der Waals surface area contributed by atoms with Gasteiger partial charge in [0.25, 0.3) is 17.4 Å². The van der Waals surface area contributed by atoms with Gasteiger partial charge in [-0.05, 0) is 86.9 Å². The number of sulfonamides is 1. The molecule has 4 aromatic rings. The summed E-state index contributed by atoms with van der Waals surface area (Å²) in [5.41, 5.74) is 2.89. The van der Waals surface area contributed by atoms with E-state index in [0.29, 0.717) is 44.1 Å². The number of likely N-dealkylation sites (tertiary alicyclic amines) is 1. The average molecular weight is 834 g/mol. The number of imide groups is 2. The van der Waals surface area contributed by atoms with Gasteiger partial charge in [-0.25, -0.2) is 13.4 Å². The van der Waals surface area contributed by atoms with E-state index in [1.54, 1.807) is 46.9 Å². The van der Waals surface area contributed by atoms with Crippen LogP contribution in [0.5, 0.6) is 0 Å². The number of hydrogen-bond acceptors (Lipinski definition) is 12. The molecular weight excluding hydrogens is 787 g/mol. The van der Waals surface area contributed by atoms with E-state index in [4.69, 9.17) is 4.98 Å². The van der Waals surface area contributed by atoms with Crippen LogP contribution in [0.1, 0.15) is 96.5 Å². The van der Waals surface area contributed by atoms with E-state index in [1.807, 2.05) is 22.8 Å². The van der Waals surface area contributed by atoms with E-state index in [9.17, 15) is 32.4 Å². The van der Waals surface area contributed by atoms with Crippen molar-refractivity contribution in [1.29, 1.82) is 0 Å². The second kappa shape index (κ2) is 15.2. The van der Waals surface area contributed by atoms with Gasteiger partial charge in [-0.2, -0.15) is 9.29 Å². The molecular formula is C43H47N9O7S. The van der Waals surface area contributed by atoms with Crippen LogP contribution in [-0.2, 0) is 26.2 Å².